The lowest BCUT2D eigenvalue weighted by molar-refractivity contribution is 0.668. The SMILES string of the molecule is c1ccc(-c2ccc3oc4cc5ccccc5cc4c3c2C2N=C(c3cccc4ccccc34)NC(c3cccc4ccccc34)=N2)cc1. The van der Waals surface area contributed by atoms with Crippen molar-refractivity contribution in [2.45, 2.75) is 6.17 Å². The molecule has 0 fully saturated rings. The molecule has 0 saturated carbocycles. The van der Waals surface area contributed by atoms with Gasteiger partial charge >= 0.3 is 0 Å². The third kappa shape index (κ3) is 4.53. The summed E-state index contributed by atoms with van der Waals surface area (Å²) in [5.41, 5.74) is 6.96. The number of hydrogen-bond donors (Lipinski definition) is 1. The van der Waals surface area contributed by atoms with E-state index in [1.54, 1.807) is 0 Å². The maximum Gasteiger partial charge on any atom is 0.171 e. The lowest BCUT2D eigenvalue weighted by atomic mass is 9.92. The molecule has 0 aliphatic carbocycles. The van der Waals surface area contributed by atoms with Crippen LogP contribution in [0.2, 0.25) is 0 Å². The second-order valence-corrected chi connectivity index (χ2v) is 12.6. The maximum absolute atomic E-state index is 6.61. The number of nitrogens with one attached hydrogen (secondary N) is 1. The molecule has 49 heavy (non-hydrogen) atoms. The molecule has 0 atom stereocenters. The summed E-state index contributed by atoms with van der Waals surface area (Å²) in [6.45, 7) is 0. The molecule has 9 aromatic rings. The summed E-state index contributed by atoms with van der Waals surface area (Å²) < 4.78 is 6.61. The van der Waals surface area contributed by atoms with Crippen molar-refractivity contribution in [1.29, 1.82) is 0 Å². The van der Waals surface area contributed by atoms with Crippen LogP contribution in [0.5, 0.6) is 0 Å². The van der Waals surface area contributed by atoms with Gasteiger partial charge in [-0.1, -0.05) is 146 Å². The van der Waals surface area contributed by atoms with E-state index >= 15 is 0 Å². The minimum absolute atomic E-state index is 0.560. The monoisotopic (exact) mass is 627 g/mol. The molecule has 0 amide bonds. The van der Waals surface area contributed by atoms with Crippen LogP contribution in [0.3, 0.4) is 0 Å². The fourth-order valence-corrected chi connectivity index (χ4v) is 7.43. The van der Waals surface area contributed by atoms with Crippen LogP contribution in [0.15, 0.2) is 178 Å². The minimum atomic E-state index is -0.560. The lowest BCUT2D eigenvalue weighted by Crippen LogP contribution is -2.36. The molecule has 4 nitrogen and oxygen atoms in total. The Balaban J connectivity index is 1.30. The van der Waals surface area contributed by atoms with Gasteiger partial charge in [-0.2, -0.15) is 0 Å². The van der Waals surface area contributed by atoms with E-state index < -0.39 is 6.17 Å². The zero-order chi connectivity index (χ0) is 32.3. The van der Waals surface area contributed by atoms with Crippen molar-refractivity contribution in [2.24, 2.45) is 9.98 Å². The van der Waals surface area contributed by atoms with Crippen molar-refractivity contribution in [3.05, 3.63) is 180 Å². The Hall–Kier alpha value is -6.52. The maximum atomic E-state index is 6.61. The highest BCUT2D eigenvalue weighted by Crippen LogP contribution is 2.43. The smallest absolute Gasteiger partial charge is 0.171 e. The van der Waals surface area contributed by atoms with Crippen LogP contribution < -0.4 is 5.32 Å². The standard InChI is InChI=1S/C45H29N3O/c1-2-12-30(13-3-1)35-24-25-39-41(38-26-31-16-4-5-17-32(31)27-40(38)49-39)42(35)45-47-43(36-22-10-18-28-14-6-8-20-33(28)36)46-44(48-45)37-23-11-19-29-15-7-9-21-34(29)37/h1-27,45H,(H,46,47,48). The average molecular weight is 628 g/mol. The van der Waals surface area contributed by atoms with Crippen molar-refractivity contribution in [3.63, 3.8) is 0 Å². The van der Waals surface area contributed by atoms with Gasteiger partial charge in [0.1, 0.15) is 22.8 Å². The number of benzene rings is 8. The predicted molar refractivity (Wildman–Crippen MR) is 204 cm³/mol. The molecule has 0 saturated heterocycles. The first-order valence-electron chi connectivity index (χ1n) is 16.6. The molecule has 230 valence electrons. The topological polar surface area (TPSA) is 49.9 Å². The Kier molecular flexibility index (Phi) is 6.21. The summed E-state index contributed by atoms with van der Waals surface area (Å²) in [5.74, 6) is 1.57. The van der Waals surface area contributed by atoms with Gasteiger partial charge in [-0.3, -0.25) is 0 Å². The van der Waals surface area contributed by atoms with Crippen LogP contribution in [-0.4, -0.2) is 11.7 Å². The Bertz CT molecular complexity index is 2700. The number of furan rings is 1. The third-order valence-corrected chi connectivity index (χ3v) is 9.72. The molecular formula is C45H29N3O. The van der Waals surface area contributed by atoms with E-state index in [4.69, 9.17) is 14.4 Å². The van der Waals surface area contributed by atoms with Crippen LogP contribution in [0, 0.1) is 0 Å². The van der Waals surface area contributed by atoms with Crippen LogP contribution in [0.25, 0.3) is 65.4 Å². The van der Waals surface area contributed by atoms with E-state index in [-0.39, 0.29) is 0 Å². The van der Waals surface area contributed by atoms with Crippen molar-refractivity contribution in [2.75, 3.05) is 0 Å². The van der Waals surface area contributed by atoms with Crippen LogP contribution in [0.1, 0.15) is 22.9 Å². The summed E-state index contributed by atoms with van der Waals surface area (Å²) in [6, 6.07) is 57.4. The summed E-state index contributed by atoms with van der Waals surface area (Å²) in [6.07, 6.45) is -0.560. The molecule has 10 rings (SSSR count). The molecule has 1 aliphatic rings. The molecule has 1 aromatic heterocycles. The Morgan fingerprint density at radius 3 is 1.63 bits per heavy atom. The van der Waals surface area contributed by atoms with Gasteiger partial charge in [0.05, 0.1) is 0 Å². The summed E-state index contributed by atoms with van der Waals surface area (Å²) in [4.78, 5) is 11.0. The van der Waals surface area contributed by atoms with Crippen molar-refractivity contribution in [1.82, 2.24) is 5.32 Å². The molecular weight excluding hydrogens is 599 g/mol. The fourth-order valence-electron chi connectivity index (χ4n) is 7.43. The number of rotatable bonds is 4. The average Bonchev–Trinajstić information content (AvgIpc) is 3.53. The van der Waals surface area contributed by atoms with Gasteiger partial charge in [-0.05, 0) is 61.6 Å². The quantitative estimate of drug-likeness (QED) is 0.211. The Labute approximate surface area is 282 Å². The molecule has 2 heterocycles. The van der Waals surface area contributed by atoms with Crippen molar-refractivity contribution >= 4 is 65.9 Å². The largest absolute Gasteiger partial charge is 0.456 e. The van der Waals surface area contributed by atoms with Crippen molar-refractivity contribution in [3.8, 4) is 11.1 Å². The number of hydrogen-bond acceptors (Lipinski definition) is 4. The second-order valence-electron chi connectivity index (χ2n) is 12.6. The van der Waals surface area contributed by atoms with E-state index in [1.165, 1.54) is 5.39 Å². The first-order chi connectivity index (χ1) is 24.3. The van der Waals surface area contributed by atoms with Gasteiger partial charge in [0.2, 0.25) is 0 Å². The van der Waals surface area contributed by atoms with Crippen molar-refractivity contribution < 1.29 is 4.42 Å². The number of fused-ring (bicyclic) bond motifs is 6. The molecule has 8 aromatic carbocycles. The number of amidine groups is 2. The Morgan fingerprint density at radius 2 is 0.980 bits per heavy atom. The first-order valence-corrected chi connectivity index (χ1v) is 16.6. The number of aliphatic imine (C=N–C) groups is 2. The van der Waals surface area contributed by atoms with E-state index in [0.29, 0.717) is 0 Å². The molecule has 0 unspecified atom stereocenters. The van der Waals surface area contributed by atoms with E-state index in [0.717, 1.165) is 88.4 Å². The normalized spacial score (nSPS) is 13.6. The first kappa shape index (κ1) is 27.6. The summed E-state index contributed by atoms with van der Waals surface area (Å²) in [5, 5.41) is 12.7. The molecule has 1 aliphatic heterocycles. The molecule has 1 N–H and O–H groups in total. The fraction of sp³-hybridized carbons (Fsp3) is 0.0222. The zero-order valence-electron chi connectivity index (χ0n) is 26.5. The Morgan fingerprint density at radius 1 is 0.429 bits per heavy atom. The molecule has 4 heteroatoms. The molecule has 0 bridgehead atoms. The minimum Gasteiger partial charge on any atom is -0.456 e. The van der Waals surface area contributed by atoms with Gasteiger partial charge in [-0.25, -0.2) is 9.98 Å². The molecule has 0 radical (unpaired) electrons. The molecule has 0 spiro atoms. The van der Waals surface area contributed by atoms with Gasteiger partial charge in [0, 0.05) is 27.5 Å². The zero-order valence-corrected chi connectivity index (χ0v) is 26.5. The van der Waals surface area contributed by atoms with Crippen LogP contribution in [0.4, 0.5) is 0 Å². The van der Waals surface area contributed by atoms with Gasteiger partial charge < -0.3 is 9.73 Å². The van der Waals surface area contributed by atoms with E-state index in [1.807, 2.05) is 0 Å². The van der Waals surface area contributed by atoms with Gasteiger partial charge in [-0.15, -0.1) is 0 Å². The van der Waals surface area contributed by atoms with Gasteiger partial charge in [0.25, 0.3) is 0 Å². The van der Waals surface area contributed by atoms with Gasteiger partial charge in [0.15, 0.2) is 6.17 Å². The lowest BCUT2D eigenvalue weighted by Gasteiger charge is -2.25. The van der Waals surface area contributed by atoms with E-state index in [2.05, 4.69) is 169 Å². The second kappa shape index (κ2) is 11.0. The highest BCUT2D eigenvalue weighted by Gasteiger charge is 2.28. The predicted octanol–water partition coefficient (Wildman–Crippen LogP) is 11.2. The highest BCUT2D eigenvalue weighted by molar-refractivity contribution is 6.23. The van der Waals surface area contributed by atoms with E-state index in [9.17, 15) is 0 Å². The number of nitrogens with zero attached hydrogens (tertiary/aromatic N) is 2. The van der Waals surface area contributed by atoms with Crippen LogP contribution >= 0.6 is 0 Å². The highest BCUT2D eigenvalue weighted by atomic mass is 16.3. The third-order valence-electron chi connectivity index (χ3n) is 9.72. The summed E-state index contributed by atoms with van der Waals surface area (Å²) in [7, 11) is 0. The van der Waals surface area contributed by atoms with Crippen LogP contribution in [-0.2, 0) is 0 Å². The summed E-state index contributed by atoms with van der Waals surface area (Å²) >= 11 is 0.